The molecule has 0 saturated carbocycles. The van der Waals surface area contributed by atoms with Crippen molar-refractivity contribution in [2.24, 2.45) is 0 Å². The summed E-state index contributed by atoms with van der Waals surface area (Å²) in [6, 6.07) is 8.50. The van der Waals surface area contributed by atoms with Gasteiger partial charge in [-0.2, -0.15) is 0 Å². The highest BCUT2D eigenvalue weighted by atomic mass is 16.5. The van der Waals surface area contributed by atoms with Gasteiger partial charge in [0, 0.05) is 43.6 Å². The molecule has 2 aromatic rings. The highest BCUT2D eigenvalue weighted by Gasteiger charge is 2.25. The zero-order valence-corrected chi connectivity index (χ0v) is 15.7. The van der Waals surface area contributed by atoms with E-state index in [0.717, 1.165) is 49.1 Å². The van der Waals surface area contributed by atoms with Crippen LogP contribution in [0.15, 0.2) is 24.3 Å². The van der Waals surface area contributed by atoms with Crippen LogP contribution >= 0.6 is 0 Å². The fourth-order valence-corrected chi connectivity index (χ4v) is 3.45. The summed E-state index contributed by atoms with van der Waals surface area (Å²) in [7, 11) is 1.84. The van der Waals surface area contributed by atoms with E-state index in [1.165, 1.54) is 0 Å². The second-order valence-corrected chi connectivity index (χ2v) is 7.28. The van der Waals surface area contributed by atoms with E-state index in [-0.39, 0.29) is 12.0 Å². The number of carbonyl (C=O) groups excluding carboxylic acids is 1. The van der Waals surface area contributed by atoms with E-state index in [1.54, 1.807) is 4.90 Å². The van der Waals surface area contributed by atoms with E-state index in [0.29, 0.717) is 11.7 Å². The molecule has 25 heavy (non-hydrogen) atoms. The molecule has 1 atom stereocenters. The molecule has 0 spiro atoms. The van der Waals surface area contributed by atoms with Crippen LogP contribution in [0.1, 0.15) is 44.1 Å². The van der Waals surface area contributed by atoms with Crippen molar-refractivity contribution in [1.82, 2.24) is 14.8 Å². The normalized spacial score (nSPS) is 18.2. The molecule has 1 N–H and O–H groups in total. The third-order valence-corrected chi connectivity index (χ3v) is 4.94. The lowest BCUT2D eigenvalue weighted by molar-refractivity contribution is 0.0790. The molecule has 2 heterocycles. The lowest BCUT2D eigenvalue weighted by Crippen LogP contribution is -2.30. The number of amides is 1. The zero-order chi connectivity index (χ0) is 18.0. The molecule has 136 valence electrons. The smallest absolute Gasteiger partial charge is 0.270 e. The number of ether oxygens (including phenoxy) is 1. The van der Waals surface area contributed by atoms with Crippen molar-refractivity contribution in [3.05, 3.63) is 30.0 Å². The molecule has 1 aliphatic rings. The van der Waals surface area contributed by atoms with Gasteiger partial charge in [-0.1, -0.05) is 6.92 Å². The van der Waals surface area contributed by atoms with Gasteiger partial charge in [0.15, 0.2) is 0 Å². The van der Waals surface area contributed by atoms with Crippen LogP contribution in [-0.2, 0) is 0 Å². The van der Waals surface area contributed by atoms with E-state index in [2.05, 4.69) is 30.7 Å². The zero-order valence-electron chi connectivity index (χ0n) is 15.7. The molecule has 1 aromatic carbocycles. The third kappa shape index (κ3) is 3.98. The largest absolute Gasteiger partial charge is 0.489 e. The van der Waals surface area contributed by atoms with Gasteiger partial charge < -0.3 is 14.6 Å². The Morgan fingerprint density at radius 2 is 2.20 bits per heavy atom. The lowest BCUT2D eigenvalue weighted by atomic mass is 10.2. The molecular weight excluding hydrogens is 314 g/mol. The Labute approximate surface area is 149 Å². The van der Waals surface area contributed by atoms with Crippen LogP contribution in [0.5, 0.6) is 5.75 Å². The molecule has 1 aromatic heterocycles. The summed E-state index contributed by atoms with van der Waals surface area (Å²) < 4.78 is 6.17. The lowest BCUT2D eigenvalue weighted by Gasteiger charge is -2.20. The van der Waals surface area contributed by atoms with Crippen LogP contribution in [0, 0.1) is 0 Å². The number of nitrogens with one attached hydrogen (secondary N) is 1. The number of H-pyrrole nitrogens is 1. The van der Waals surface area contributed by atoms with E-state index in [9.17, 15) is 4.79 Å². The first-order valence-electron chi connectivity index (χ1n) is 9.27. The predicted molar refractivity (Wildman–Crippen MR) is 101 cm³/mol. The van der Waals surface area contributed by atoms with Gasteiger partial charge in [-0.15, -0.1) is 0 Å². The quantitative estimate of drug-likeness (QED) is 0.873. The molecule has 0 bridgehead atoms. The first kappa shape index (κ1) is 17.8. The van der Waals surface area contributed by atoms with Gasteiger partial charge in [0.1, 0.15) is 17.5 Å². The molecule has 1 unspecified atom stereocenters. The summed E-state index contributed by atoms with van der Waals surface area (Å²) >= 11 is 0. The number of benzene rings is 1. The van der Waals surface area contributed by atoms with Crippen molar-refractivity contribution >= 4 is 16.8 Å². The van der Waals surface area contributed by atoms with Crippen molar-refractivity contribution in [2.45, 2.75) is 45.8 Å². The summed E-state index contributed by atoms with van der Waals surface area (Å²) in [5.41, 5.74) is 1.60. The minimum Gasteiger partial charge on any atom is -0.489 e. The maximum atomic E-state index is 12.4. The molecule has 1 amide bonds. The summed E-state index contributed by atoms with van der Waals surface area (Å²) in [4.78, 5) is 19.8. The fourth-order valence-electron chi connectivity index (χ4n) is 3.45. The van der Waals surface area contributed by atoms with Crippen molar-refractivity contribution in [3.63, 3.8) is 0 Å². The number of carbonyl (C=O) groups is 1. The highest BCUT2D eigenvalue weighted by molar-refractivity contribution is 5.98. The minimum absolute atomic E-state index is 0.0314. The second-order valence-electron chi connectivity index (χ2n) is 7.28. The van der Waals surface area contributed by atoms with Crippen LogP contribution in [0.2, 0.25) is 0 Å². The van der Waals surface area contributed by atoms with Gasteiger partial charge in [-0.25, -0.2) is 0 Å². The number of hydrogen-bond acceptors (Lipinski definition) is 3. The Balaban J connectivity index is 1.71. The van der Waals surface area contributed by atoms with Gasteiger partial charge in [0.05, 0.1) is 0 Å². The average Bonchev–Trinajstić information content (AvgIpc) is 3.20. The average molecular weight is 343 g/mol. The van der Waals surface area contributed by atoms with E-state index in [4.69, 9.17) is 4.74 Å². The Morgan fingerprint density at radius 1 is 1.40 bits per heavy atom. The van der Waals surface area contributed by atoms with Crippen LogP contribution in [0.4, 0.5) is 0 Å². The minimum atomic E-state index is 0.0314. The van der Waals surface area contributed by atoms with Crippen molar-refractivity contribution in [2.75, 3.05) is 26.7 Å². The number of rotatable bonds is 6. The number of likely N-dealkylation sites (tertiary alicyclic amines) is 1. The highest BCUT2D eigenvalue weighted by Crippen LogP contribution is 2.25. The fraction of sp³-hybridized carbons (Fsp3) is 0.550. The molecule has 5 nitrogen and oxygen atoms in total. The molecule has 1 fully saturated rings. The number of fused-ring (bicyclic) bond motifs is 1. The van der Waals surface area contributed by atoms with E-state index >= 15 is 0 Å². The maximum absolute atomic E-state index is 12.4. The van der Waals surface area contributed by atoms with Gasteiger partial charge in [0.2, 0.25) is 0 Å². The van der Waals surface area contributed by atoms with Gasteiger partial charge >= 0.3 is 0 Å². The molecule has 0 aliphatic carbocycles. The number of aromatic nitrogens is 1. The summed E-state index contributed by atoms with van der Waals surface area (Å²) in [5.74, 6) is 0.909. The summed E-state index contributed by atoms with van der Waals surface area (Å²) in [5, 5.41) is 1.02. The SMILES string of the molecule is CCCN(C)C(=O)c1cc2cc(OC3CCN(C(C)C)C3)ccc2[nH]1. The number of hydrogen-bond donors (Lipinski definition) is 1. The third-order valence-electron chi connectivity index (χ3n) is 4.94. The Kier molecular flexibility index (Phi) is 5.33. The van der Waals surface area contributed by atoms with Crippen molar-refractivity contribution in [3.8, 4) is 5.75 Å². The maximum Gasteiger partial charge on any atom is 0.270 e. The number of aromatic amines is 1. The van der Waals surface area contributed by atoms with Crippen LogP contribution in [0.25, 0.3) is 10.9 Å². The van der Waals surface area contributed by atoms with Crippen molar-refractivity contribution < 1.29 is 9.53 Å². The standard InChI is InChI=1S/C20H29N3O2/c1-5-9-22(4)20(24)19-12-15-11-16(6-7-18(15)21-19)25-17-8-10-23(13-17)14(2)3/h6-7,11-12,14,17,21H,5,8-10,13H2,1-4H3. The topological polar surface area (TPSA) is 48.6 Å². The van der Waals surface area contributed by atoms with Gasteiger partial charge in [0.25, 0.3) is 5.91 Å². The molecule has 1 aliphatic heterocycles. The molecule has 1 saturated heterocycles. The molecule has 0 radical (unpaired) electrons. The van der Waals surface area contributed by atoms with Crippen LogP contribution in [0.3, 0.4) is 0 Å². The van der Waals surface area contributed by atoms with Crippen LogP contribution in [-0.4, -0.2) is 59.5 Å². The van der Waals surface area contributed by atoms with Crippen molar-refractivity contribution in [1.29, 1.82) is 0 Å². The first-order valence-corrected chi connectivity index (χ1v) is 9.27. The van der Waals surface area contributed by atoms with Gasteiger partial charge in [-0.05, 0) is 51.0 Å². The monoisotopic (exact) mass is 343 g/mol. The second kappa shape index (κ2) is 7.48. The van der Waals surface area contributed by atoms with E-state index < -0.39 is 0 Å². The molecule has 3 rings (SSSR count). The first-order chi connectivity index (χ1) is 12.0. The van der Waals surface area contributed by atoms with Crippen LogP contribution < -0.4 is 4.74 Å². The Morgan fingerprint density at radius 3 is 2.88 bits per heavy atom. The number of nitrogens with zero attached hydrogens (tertiary/aromatic N) is 2. The molecular formula is C20H29N3O2. The molecule has 5 heteroatoms. The summed E-state index contributed by atoms with van der Waals surface area (Å²) in [6.45, 7) is 9.36. The Bertz CT molecular complexity index is 738. The Hall–Kier alpha value is -2.01. The van der Waals surface area contributed by atoms with Gasteiger partial charge in [-0.3, -0.25) is 9.69 Å². The predicted octanol–water partition coefficient (Wildman–Crippen LogP) is 3.51. The summed E-state index contributed by atoms with van der Waals surface area (Å²) in [6.07, 6.45) is 2.26. The van der Waals surface area contributed by atoms with E-state index in [1.807, 2.05) is 31.3 Å².